The van der Waals surface area contributed by atoms with E-state index in [1.165, 1.54) is 54.6 Å². The summed E-state index contributed by atoms with van der Waals surface area (Å²) in [5, 5.41) is 121. The van der Waals surface area contributed by atoms with Crippen molar-refractivity contribution in [2.75, 3.05) is 6.61 Å². The third-order valence-electron chi connectivity index (χ3n) is 13.0. The summed E-state index contributed by atoms with van der Waals surface area (Å²) >= 11 is 0. The number of hydrogen-bond donors (Lipinski definition) is 11. The summed E-state index contributed by atoms with van der Waals surface area (Å²) in [4.78, 5) is 0. The van der Waals surface area contributed by atoms with Gasteiger partial charge in [0.05, 0.1) is 12.5 Å². The first-order chi connectivity index (χ1) is 29.8. The van der Waals surface area contributed by atoms with Crippen molar-refractivity contribution >= 4 is 0 Å². The molecule has 11 atom stereocenters. The molecule has 1 saturated heterocycles. The van der Waals surface area contributed by atoms with Crippen LogP contribution in [0.4, 0.5) is 0 Å². The van der Waals surface area contributed by atoms with Crippen LogP contribution in [0.15, 0.2) is 109 Å². The number of ether oxygens (including phenoxy) is 3. The second-order valence-electron chi connectivity index (χ2n) is 16.5. The molecule has 11 N–H and O–H groups in total. The molecule has 6 aromatic rings. The minimum atomic E-state index is -1.81. The fraction of sp³-hybridized carbons (Fsp3) is 0.250. The Labute approximate surface area is 353 Å². The van der Waals surface area contributed by atoms with Crippen molar-refractivity contribution in [1.29, 1.82) is 0 Å². The van der Waals surface area contributed by atoms with Crippen LogP contribution >= 0.6 is 0 Å². The van der Waals surface area contributed by atoms with Gasteiger partial charge in [0.1, 0.15) is 82.3 Å². The molecular weight excluding hydrogens is 801 g/mol. The summed E-state index contributed by atoms with van der Waals surface area (Å²) in [6, 6.07) is 28.3. The predicted octanol–water partition coefficient (Wildman–Crippen LogP) is 5.23. The summed E-state index contributed by atoms with van der Waals surface area (Å²) in [7, 11) is 0. The van der Waals surface area contributed by atoms with Crippen LogP contribution in [0.3, 0.4) is 0 Å². The first-order valence-corrected chi connectivity index (χ1v) is 20.1. The van der Waals surface area contributed by atoms with E-state index < -0.39 is 73.0 Å². The number of aliphatic hydroxyl groups is 4. The predicted molar refractivity (Wildman–Crippen MR) is 219 cm³/mol. The maximum Gasteiger partial charge on any atom is 0.229 e. The van der Waals surface area contributed by atoms with Gasteiger partial charge in [0.15, 0.2) is 0 Å². The zero-order valence-corrected chi connectivity index (χ0v) is 32.6. The molecule has 0 amide bonds. The topological polar surface area (TPSA) is 250 Å². The van der Waals surface area contributed by atoms with Crippen LogP contribution in [0.1, 0.15) is 85.8 Å². The van der Waals surface area contributed by atoms with E-state index in [1.54, 1.807) is 54.6 Å². The Morgan fingerprint density at radius 2 is 0.968 bits per heavy atom. The Morgan fingerprint density at radius 3 is 1.55 bits per heavy atom. The van der Waals surface area contributed by atoms with Crippen LogP contribution in [0.5, 0.6) is 51.7 Å². The molecule has 0 saturated carbocycles. The van der Waals surface area contributed by atoms with E-state index in [-0.39, 0.29) is 46.0 Å². The van der Waals surface area contributed by atoms with E-state index in [0.29, 0.717) is 55.8 Å². The molecular formula is C48H42O14. The third-order valence-corrected chi connectivity index (χ3v) is 13.0. The zero-order valence-electron chi connectivity index (χ0n) is 32.6. The average Bonchev–Trinajstić information content (AvgIpc) is 3.78. The molecule has 6 aromatic carbocycles. The van der Waals surface area contributed by atoms with Gasteiger partial charge in [-0.2, -0.15) is 0 Å². The molecule has 0 aromatic heterocycles. The lowest BCUT2D eigenvalue weighted by molar-refractivity contribution is -0.277. The largest absolute Gasteiger partial charge is 0.508 e. The fourth-order valence-corrected chi connectivity index (χ4v) is 10.4. The molecule has 0 radical (unpaired) electrons. The minimum Gasteiger partial charge on any atom is -0.508 e. The molecule has 2 aliphatic heterocycles. The summed E-state index contributed by atoms with van der Waals surface area (Å²) < 4.78 is 19.0. The van der Waals surface area contributed by atoms with Gasteiger partial charge < -0.3 is 70.4 Å². The molecule has 318 valence electrons. The van der Waals surface area contributed by atoms with Gasteiger partial charge in [-0.15, -0.1) is 0 Å². The van der Waals surface area contributed by atoms with Crippen molar-refractivity contribution in [2.24, 2.45) is 0 Å². The van der Waals surface area contributed by atoms with Gasteiger partial charge in [-0.05, 0) is 88.0 Å². The number of fused-ring (bicyclic) bond motifs is 6. The molecule has 0 bridgehead atoms. The maximum absolute atomic E-state index is 12.3. The average molecular weight is 843 g/mol. The first kappa shape index (κ1) is 39.5. The lowest BCUT2D eigenvalue weighted by Gasteiger charge is -2.40. The molecule has 0 unspecified atom stereocenters. The highest BCUT2D eigenvalue weighted by atomic mass is 16.7. The molecule has 62 heavy (non-hydrogen) atoms. The van der Waals surface area contributed by atoms with E-state index in [9.17, 15) is 56.2 Å². The molecule has 2 aliphatic carbocycles. The molecule has 0 spiro atoms. The van der Waals surface area contributed by atoms with Crippen LogP contribution < -0.4 is 9.47 Å². The van der Waals surface area contributed by atoms with Crippen molar-refractivity contribution in [3.8, 4) is 51.7 Å². The molecule has 4 aliphatic rings. The Morgan fingerprint density at radius 1 is 0.468 bits per heavy atom. The Balaban J connectivity index is 1.30. The quantitative estimate of drug-likeness (QED) is 0.103. The highest BCUT2D eigenvalue weighted by Gasteiger charge is 2.55. The van der Waals surface area contributed by atoms with Gasteiger partial charge in [-0.1, -0.05) is 36.4 Å². The van der Waals surface area contributed by atoms with Gasteiger partial charge in [-0.3, -0.25) is 0 Å². The van der Waals surface area contributed by atoms with E-state index in [1.807, 2.05) is 0 Å². The number of benzene rings is 6. The van der Waals surface area contributed by atoms with Gasteiger partial charge in [-0.25, -0.2) is 0 Å². The van der Waals surface area contributed by atoms with Crippen molar-refractivity contribution in [1.82, 2.24) is 0 Å². The minimum absolute atomic E-state index is 0.000303. The van der Waals surface area contributed by atoms with Crippen LogP contribution in [0.25, 0.3) is 0 Å². The normalized spacial score (nSPS) is 28.1. The summed E-state index contributed by atoms with van der Waals surface area (Å²) in [5.74, 6) is -4.49. The van der Waals surface area contributed by atoms with Crippen LogP contribution in [-0.2, 0) is 4.74 Å². The number of phenols is 7. The van der Waals surface area contributed by atoms with Crippen LogP contribution in [0.2, 0.25) is 0 Å². The first-order valence-electron chi connectivity index (χ1n) is 20.1. The highest BCUT2D eigenvalue weighted by molar-refractivity contribution is 5.70. The van der Waals surface area contributed by atoms with E-state index in [0.717, 1.165) is 0 Å². The SMILES string of the molecule is OC[C@H]1O[C@@H](Oc2cc(O)cc3c2[C@@H](c2ccc(O)cc2)[C@@H]2c4cc(O)cc5c4[C@H](c4cc(O)cc(O)c4[C@H](c4ccc(O)cc4)[C@@H]32)[C@@H](c2ccc(O)cc2)O5)[C@H](O)[C@@H](O)[C@@H]1O. The van der Waals surface area contributed by atoms with Gasteiger partial charge >= 0.3 is 0 Å². The lowest BCUT2D eigenvalue weighted by atomic mass is 9.63. The smallest absolute Gasteiger partial charge is 0.229 e. The molecule has 14 heteroatoms. The van der Waals surface area contributed by atoms with Crippen molar-refractivity contribution in [3.05, 3.63) is 159 Å². The van der Waals surface area contributed by atoms with Gasteiger partial charge in [0.25, 0.3) is 0 Å². The molecule has 14 nitrogen and oxygen atoms in total. The number of phenolic OH excluding ortho intramolecular Hbond substituents is 7. The van der Waals surface area contributed by atoms with Crippen molar-refractivity contribution in [2.45, 2.75) is 66.4 Å². The lowest BCUT2D eigenvalue weighted by Crippen LogP contribution is -2.60. The Bertz CT molecular complexity index is 2680. The Hall–Kier alpha value is -6.68. The third kappa shape index (κ3) is 6.21. The highest BCUT2D eigenvalue weighted by Crippen LogP contribution is 2.69. The summed E-state index contributed by atoms with van der Waals surface area (Å²) in [5.41, 5.74) is 4.96. The van der Waals surface area contributed by atoms with Crippen LogP contribution in [0, 0.1) is 0 Å². The second-order valence-corrected chi connectivity index (χ2v) is 16.5. The summed E-state index contributed by atoms with van der Waals surface area (Å²) in [6.45, 7) is -0.715. The Kier molecular flexibility index (Phi) is 9.39. The number of aromatic hydroxyl groups is 7. The zero-order chi connectivity index (χ0) is 43.3. The molecule has 2 heterocycles. The van der Waals surface area contributed by atoms with E-state index in [4.69, 9.17) is 14.2 Å². The molecule has 1 fully saturated rings. The van der Waals surface area contributed by atoms with Gasteiger partial charge in [0, 0.05) is 58.6 Å². The monoisotopic (exact) mass is 842 g/mol. The maximum atomic E-state index is 12.3. The van der Waals surface area contributed by atoms with E-state index in [2.05, 4.69) is 0 Å². The summed E-state index contributed by atoms with van der Waals surface area (Å²) in [6.07, 6.45) is -9.03. The van der Waals surface area contributed by atoms with Crippen molar-refractivity contribution < 1.29 is 70.4 Å². The van der Waals surface area contributed by atoms with E-state index >= 15 is 0 Å². The van der Waals surface area contributed by atoms with Gasteiger partial charge in [0.2, 0.25) is 6.29 Å². The second kappa shape index (κ2) is 14.8. The number of hydrogen-bond acceptors (Lipinski definition) is 14. The standard InChI is InChI=1S/C48H42O14/c49-19-35-44(57)45(58)46(59)48(62-35)61-34-18-28(55)14-30-39(34)37(21-3-9-24(51)10-4-21)42-31-15-27(54)17-33-40(31)43(47(60-33)22-5-11-25(52)12-6-22)29-13-26(53)16-32(56)38(29)36(41(30)42)20-1-7-23(50)8-2-20/h1-18,35-37,41-59H,19H2/t35-,36+,37-,41-,42+,43+,44-,45+,46-,47-,48-/m1/s1. The number of rotatable bonds is 6. The number of aliphatic hydroxyl groups excluding tert-OH is 4. The van der Waals surface area contributed by atoms with Crippen molar-refractivity contribution in [3.63, 3.8) is 0 Å². The van der Waals surface area contributed by atoms with Crippen LogP contribution in [-0.4, -0.2) is 93.5 Å². The molecule has 10 rings (SSSR count). The fourth-order valence-electron chi connectivity index (χ4n) is 10.4.